The van der Waals surface area contributed by atoms with Gasteiger partial charge in [-0.3, -0.25) is 5.10 Å². The Labute approximate surface area is 127 Å². The molecule has 0 unspecified atom stereocenters. The molecule has 0 atom stereocenters. The van der Waals surface area contributed by atoms with Crippen molar-refractivity contribution < 1.29 is 8.42 Å². The number of aromatic nitrogens is 2. The van der Waals surface area contributed by atoms with Crippen LogP contribution >= 0.6 is 0 Å². The minimum Gasteiger partial charge on any atom is -0.310 e. The fourth-order valence-corrected chi connectivity index (χ4v) is 4.18. The van der Waals surface area contributed by atoms with E-state index in [4.69, 9.17) is 0 Å². The summed E-state index contributed by atoms with van der Waals surface area (Å²) in [5, 5.41) is 10.4. The zero-order valence-corrected chi connectivity index (χ0v) is 14.1. The molecule has 2 rings (SSSR count). The molecule has 120 valence electrons. The summed E-state index contributed by atoms with van der Waals surface area (Å²) in [6, 6.07) is 0.544. The Balaban J connectivity index is 2.26. The average molecular weight is 314 g/mol. The number of H-pyrrole nitrogens is 1. The van der Waals surface area contributed by atoms with Crippen LogP contribution in [0.25, 0.3) is 0 Å². The van der Waals surface area contributed by atoms with Gasteiger partial charge in [0, 0.05) is 36.9 Å². The number of nitrogens with one attached hydrogen (secondary N) is 2. The van der Waals surface area contributed by atoms with Gasteiger partial charge < -0.3 is 5.32 Å². The molecule has 0 amide bonds. The quantitative estimate of drug-likeness (QED) is 0.766. The fraction of sp³-hybridized carbons (Fsp3) is 0.786. The summed E-state index contributed by atoms with van der Waals surface area (Å²) in [4.78, 5) is 0. The summed E-state index contributed by atoms with van der Waals surface area (Å²) < 4.78 is 27.1. The van der Waals surface area contributed by atoms with Gasteiger partial charge in [0.1, 0.15) is 0 Å². The van der Waals surface area contributed by atoms with Crippen molar-refractivity contribution in [2.75, 3.05) is 7.05 Å². The van der Waals surface area contributed by atoms with Crippen molar-refractivity contribution in [2.24, 2.45) is 0 Å². The summed E-state index contributed by atoms with van der Waals surface area (Å²) in [5.41, 5.74) is 1.58. The smallest absolute Gasteiger partial charge is 0.262 e. The first-order valence-electron chi connectivity index (χ1n) is 7.67. The summed E-state index contributed by atoms with van der Waals surface area (Å²) in [7, 11) is -1.90. The van der Waals surface area contributed by atoms with Gasteiger partial charge in [0.15, 0.2) is 5.03 Å². The van der Waals surface area contributed by atoms with E-state index in [1.807, 2.05) is 20.8 Å². The minimum absolute atomic E-state index is 0.0104. The fourth-order valence-electron chi connectivity index (χ4n) is 2.52. The summed E-state index contributed by atoms with van der Waals surface area (Å²) >= 11 is 0. The van der Waals surface area contributed by atoms with E-state index >= 15 is 0 Å². The zero-order valence-electron chi connectivity index (χ0n) is 13.3. The number of rotatable bonds is 8. The third-order valence-electron chi connectivity index (χ3n) is 4.26. The van der Waals surface area contributed by atoms with Crippen LogP contribution in [0.5, 0.6) is 0 Å². The summed E-state index contributed by atoms with van der Waals surface area (Å²) in [6.07, 6.45) is 3.94. The number of aromatic amines is 1. The van der Waals surface area contributed by atoms with Gasteiger partial charge in [-0.1, -0.05) is 13.8 Å². The second-order valence-electron chi connectivity index (χ2n) is 5.78. The molecule has 6 nitrogen and oxygen atoms in total. The molecule has 7 heteroatoms. The van der Waals surface area contributed by atoms with Gasteiger partial charge in [0.25, 0.3) is 10.0 Å². The topological polar surface area (TPSA) is 78.1 Å². The highest BCUT2D eigenvalue weighted by atomic mass is 32.2. The Morgan fingerprint density at radius 3 is 2.52 bits per heavy atom. The SMILES string of the molecule is CCC(CC)N(C)S(=O)(=O)c1n[nH]c(C)c1CNC1CC1. The third kappa shape index (κ3) is 3.46. The van der Waals surface area contributed by atoms with E-state index in [-0.39, 0.29) is 11.1 Å². The Kier molecular flexibility index (Phi) is 5.06. The Morgan fingerprint density at radius 1 is 1.38 bits per heavy atom. The van der Waals surface area contributed by atoms with Crippen LogP contribution in [0.3, 0.4) is 0 Å². The van der Waals surface area contributed by atoms with Crippen molar-refractivity contribution in [3.05, 3.63) is 11.3 Å². The zero-order chi connectivity index (χ0) is 15.6. The molecule has 0 spiro atoms. The second-order valence-corrected chi connectivity index (χ2v) is 7.69. The van der Waals surface area contributed by atoms with E-state index in [2.05, 4.69) is 15.5 Å². The van der Waals surface area contributed by atoms with E-state index in [1.54, 1.807) is 7.05 Å². The minimum atomic E-state index is -3.55. The molecule has 0 bridgehead atoms. The molecule has 1 aliphatic rings. The molecule has 1 aromatic heterocycles. The lowest BCUT2D eigenvalue weighted by Crippen LogP contribution is -2.37. The first-order valence-corrected chi connectivity index (χ1v) is 9.11. The molecule has 1 aliphatic carbocycles. The van der Waals surface area contributed by atoms with Crippen molar-refractivity contribution in [1.82, 2.24) is 19.8 Å². The number of hydrogen-bond donors (Lipinski definition) is 2. The highest BCUT2D eigenvalue weighted by Crippen LogP contribution is 2.25. The maximum absolute atomic E-state index is 12.8. The van der Waals surface area contributed by atoms with Gasteiger partial charge in [-0.2, -0.15) is 9.40 Å². The maximum Gasteiger partial charge on any atom is 0.262 e. The number of aryl methyl sites for hydroxylation is 1. The van der Waals surface area contributed by atoms with Crippen LogP contribution in [-0.2, 0) is 16.6 Å². The van der Waals surface area contributed by atoms with Crippen molar-refractivity contribution in [1.29, 1.82) is 0 Å². The monoisotopic (exact) mass is 314 g/mol. The highest BCUT2D eigenvalue weighted by Gasteiger charge is 2.32. The van der Waals surface area contributed by atoms with E-state index < -0.39 is 10.0 Å². The Hall–Kier alpha value is -0.920. The molecule has 0 aromatic carbocycles. The van der Waals surface area contributed by atoms with Gasteiger partial charge in [0.2, 0.25) is 0 Å². The molecule has 1 saturated carbocycles. The van der Waals surface area contributed by atoms with Gasteiger partial charge in [-0.05, 0) is 32.6 Å². The number of hydrogen-bond acceptors (Lipinski definition) is 4. The first-order chi connectivity index (χ1) is 9.91. The normalized spacial score (nSPS) is 16.1. The molecule has 1 heterocycles. The maximum atomic E-state index is 12.8. The van der Waals surface area contributed by atoms with E-state index in [9.17, 15) is 8.42 Å². The standard InChI is InChI=1S/C14H26N4O2S/c1-5-12(6-2)18(4)21(19,20)14-13(10(3)16-17-14)9-15-11-7-8-11/h11-12,15H,5-9H2,1-4H3,(H,16,17). The lowest BCUT2D eigenvalue weighted by molar-refractivity contribution is 0.348. The van der Waals surface area contributed by atoms with Crippen LogP contribution in [0.15, 0.2) is 5.03 Å². The van der Waals surface area contributed by atoms with Crippen molar-refractivity contribution in [3.63, 3.8) is 0 Å². The van der Waals surface area contributed by atoms with Crippen LogP contribution in [-0.4, -0.2) is 42.1 Å². The van der Waals surface area contributed by atoms with Crippen LogP contribution in [0, 0.1) is 6.92 Å². The molecule has 1 fully saturated rings. The lowest BCUT2D eigenvalue weighted by atomic mass is 10.2. The Morgan fingerprint density at radius 2 is 2.00 bits per heavy atom. The van der Waals surface area contributed by atoms with Crippen molar-refractivity contribution in [3.8, 4) is 0 Å². The largest absolute Gasteiger partial charge is 0.310 e. The average Bonchev–Trinajstić information content (AvgIpc) is 3.20. The van der Waals surface area contributed by atoms with Crippen LogP contribution in [0.4, 0.5) is 0 Å². The first kappa shape index (κ1) is 16.5. The van der Waals surface area contributed by atoms with E-state index in [0.29, 0.717) is 12.6 Å². The van der Waals surface area contributed by atoms with Gasteiger partial charge in [-0.25, -0.2) is 8.42 Å². The predicted octanol–water partition coefficient (Wildman–Crippen LogP) is 1.78. The summed E-state index contributed by atoms with van der Waals surface area (Å²) in [6.45, 7) is 6.43. The van der Waals surface area contributed by atoms with Crippen LogP contribution < -0.4 is 5.32 Å². The molecule has 1 aromatic rings. The van der Waals surface area contributed by atoms with Gasteiger partial charge in [-0.15, -0.1) is 0 Å². The molecular weight excluding hydrogens is 288 g/mol. The third-order valence-corrected chi connectivity index (χ3v) is 6.14. The van der Waals surface area contributed by atoms with Gasteiger partial charge in [0.05, 0.1) is 0 Å². The highest BCUT2D eigenvalue weighted by molar-refractivity contribution is 7.89. The molecular formula is C14H26N4O2S. The predicted molar refractivity (Wildman–Crippen MR) is 82.5 cm³/mol. The van der Waals surface area contributed by atoms with E-state index in [1.165, 1.54) is 17.1 Å². The number of sulfonamides is 1. The Bertz CT molecular complexity index is 574. The van der Waals surface area contributed by atoms with Crippen LogP contribution in [0.1, 0.15) is 50.8 Å². The number of nitrogens with zero attached hydrogens (tertiary/aromatic N) is 2. The molecule has 0 radical (unpaired) electrons. The van der Waals surface area contributed by atoms with Crippen LogP contribution in [0.2, 0.25) is 0 Å². The molecule has 2 N–H and O–H groups in total. The lowest BCUT2D eigenvalue weighted by Gasteiger charge is -2.25. The van der Waals surface area contributed by atoms with E-state index in [0.717, 1.165) is 24.1 Å². The van der Waals surface area contributed by atoms with Crippen molar-refractivity contribution >= 4 is 10.0 Å². The van der Waals surface area contributed by atoms with Gasteiger partial charge >= 0.3 is 0 Å². The molecule has 0 aliphatic heterocycles. The molecule has 0 saturated heterocycles. The van der Waals surface area contributed by atoms with Crippen molar-refractivity contribution in [2.45, 2.75) is 70.1 Å². The molecule has 21 heavy (non-hydrogen) atoms. The summed E-state index contributed by atoms with van der Waals surface area (Å²) in [5.74, 6) is 0. The second kappa shape index (κ2) is 6.46.